The average molecular weight is 483 g/mol. The van der Waals surface area contributed by atoms with Gasteiger partial charge in [0.05, 0.1) is 23.4 Å². The first-order valence-electron chi connectivity index (χ1n) is 10.8. The molecule has 0 radical (unpaired) electrons. The van der Waals surface area contributed by atoms with Crippen molar-refractivity contribution in [2.24, 2.45) is 0 Å². The van der Waals surface area contributed by atoms with E-state index in [9.17, 15) is 13.2 Å². The van der Waals surface area contributed by atoms with Crippen LogP contribution in [-0.4, -0.2) is 40.2 Å². The summed E-state index contributed by atoms with van der Waals surface area (Å²) in [5.74, 6) is 0.862. The lowest BCUT2D eigenvalue weighted by Gasteiger charge is -2.31. The van der Waals surface area contributed by atoms with Gasteiger partial charge in [0.2, 0.25) is 6.10 Å². The smallest absolute Gasteiger partial charge is 0.269 e. The fourth-order valence-corrected chi connectivity index (χ4v) is 5.27. The predicted molar refractivity (Wildman–Crippen MR) is 129 cm³/mol. The topological polar surface area (TPSA) is 94.2 Å². The summed E-state index contributed by atoms with van der Waals surface area (Å²) in [6.07, 6.45) is -1.49. The van der Waals surface area contributed by atoms with E-state index in [4.69, 9.17) is 14.2 Å². The van der Waals surface area contributed by atoms with Crippen LogP contribution in [0, 0.1) is 0 Å². The normalized spacial score (nSPS) is 17.0. The second kappa shape index (κ2) is 9.64. The molecule has 1 N–H and O–H groups in total. The van der Waals surface area contributed by atoms with Crippen LogP contribution in [0.25, 0.3) is 0 Å². The molecule has 2 atom stereocenters. The Kier molecular flexibility index (Phi) is 6.65. The van der Waals surface area contributed by atoms with Gasteiger partial charge < -0.3 is 19.5 Å². The maximum atomic E-state index is 13.4. The van der Waals surface area contributed by atoms with Crippen molar-refractivity contribution in [3.05, 3.63) is 72.8 Å². The highest BCUT2D eigenvalue weighted by atomic mass is 32.2. The molecule has 0 aromatic heterocycles. The number of carbonyl (C=O) groups excluding carboxylic acids is 1. The molecule has 0 spiro atoms. The zero-order valence-electron chi connectivity index (χ0n) is 19.1. The number of benzene rings is 3. The van der Waals surface area contributed by atoms with Crippen LogP contribution < -0.4 is 23.8 Å². The first-order chi connectivity index (χ1) is 16.3. The van der Waals surface area contributed by atoms with Gasteiger partial charge in [-0.05, 0) is 56.3 Å². The van der Waals surface area contributed by atoms with Crippen LogP contribution >= 0.6 is 0 Å². The van der Waals surface area contributed by atoms with Crippen molar-refractivity contribution in [1.29, 1.82) is 0 Å². The Morgan fingerprint density at radius 3 is 2.29 bits per heavy atom. The third kappa shape index (κ3) is 4.51. The van der Waals surface area contributed by atoms with E-state index in [-0.39, 0.29) is 17.1 Å². The minimum absolute atomic E-state index is 0.0218. The van der Waals surface area contributed by atoms with Crippen LogP contribution in [0.15, 0.2) is 77.7 Å². The summed E-state index contributed by atoms with van der Waals surface area (Å²) >= 11 is 0. The van der Waals surface area contributed by atoms with Gasteiger partial charge in [-0.3, -0.25) is 9.10 Å². The summed E-state index contributed by atoms with van der Waals surface area (Å²) in [5.41, 5.74) is 0.763. The fourth-order valence-electron chi connectivity index (χ4n) is 3.77. The van der Waals surface area contributed by atoms with Crippen LogP contribution in [0.4, 0.5) is 11.4 Å². The number of ether oxygens (including phenoxy) is 3. The molecule has 3 aromatic rings. The zero-order chi connectivity index (χ0) is 24.3. The number of amides is 1. The van der Waals surface area contributed by atoms with Gasteiger partial charge in [0.1, 0.15) is 11.9 Å². The summed E-state index contributed by atoms with van der Waals surface area (Å²) in [6, 6.07) is 20.3. The maximum absolute atomic E-state index is 13.4. The third-order valence-corrected chi connectivity index (χ3v) is 7.35. The molecule has 3 aromatic carbocycles. The molecular formula is C25H26N2O6S. The number of nitrogens with zero attached hydrogens (tertiary/aromatic N) is 1. The number of sulfonamides is 1. The molecule has 1 aliphatic heterocycles. The number of anilines is 2. The van der Waals surface area contributed by atoms with Gasteiger partial charge in [0.15, 0.2) is 11.5 Å². The van der Waals surface area contributed by atoms with Crippen molar-refractivity contribution in [3.8, 4) is 17.2 Å². The van der Waals surface area contributed by atoms with E-state index in [0.29, 0.717) is 22.9 Å². The summed E-state index contributed by atoms with van der Waals surface area (Å²) in [7, 11) is -2.45. The van der Waals surface area contributed by atoms with E-state index in [2.05, 4.69) is 5.32 Å². The molecule has 0 saturated carbocycles. The van der Waals surface area contributed by atoms with Crippen LogP contribution in [0.2, 0.25) is 0 Å². The highest BCUT2D eigenvalue weighted by Crippen LogP contribution is 2.35. The fraction of sp³-hybridized carbons (Fsp3) is 0.240. The molecule has 1 aliphatic rings. The van der Waals surface area contributed by atoms with E-state index >= 15 is 0 Å². The molecule has 0 bridgehead atoms. The second-order valence-electron chi connectivity index (χ2n) is 7.66. The number of carbonyl (C=O) groups is 1. The molecule has 9 heteroatoms. The Bertz CT molecular complexity index is 1280. The van der Waals surface area contributed by atoms with Crippen LogP contribution in [-0.2, 0) is 14.8 Å². The molecular weight excluding hydrogens is 456 g/mol. The van der Waals surface area contributed by atoms with Gasteiger partial charge >= 0.3 is 0 Å². The molecule has 8 nitrogen and oxygen atoms in total. The number of hydrogen-bond donors (Lipinski definition) is 1. The minimum atomic E-state index is -3.89. The lowest BCUT2D eigenvalue weighted by Crippen LogP contribution is -2.46. The van der Waals surface area contributed by atoms with Crippen molar-refractivity contribution in [3.63, 3.8) is 0 Å². The molecule has 2 unspecified atom stereocenters. The van der Waals surface area contributed by atoms with Crippen LogP contribution in [0.1, 0.15) is 13.8 Å². The number of rotatable bonds is 7. The lowest BCUT2D eigenvalue weighted by atomic mass is 10.1. The Balaban J connectivity index is 1.62. The van der Waals surface area contributed by atoms with Crippen molar-refractivity contribution >= 4 is 27.3 Å². The van der Waals surface area contributed by atoms with Crippen LogP contribution in [0.3, 0.4) is 0 Å². The van der Waals surface area contributed by atoms with Crippen molar-refractivity contribution in [2.45, 2.75) is 31.0 Å². The van der Waals surface area contributed by atoms with Crippen LogP contribution in [0.5, 0.6) is 17.2 Å². The first-order valence-corrected chi connectivity index (χ1v) is 12.3. The van der Waals surface area contributed by atoms with Crippen molar-refractivity contribution in [1.82, 2.24) is 0 Å². The van der Waals surface area contributed by atoms with Gasteiger partial charge in [-0.15, -0.1) is 0 Å². The van der Waals surface area contributed by atoms with E-state index in [1.807, 2.05) is 12.1 Å². The molecule has 0 fully saturated rings. The monoisotopic (exact) mass is 482 g/mol. The average Bonchev–Trinajstić information content (AvgIpc) is 2.84. The van der Waals surface area contributed by atoms with Gasteiger partial charge in [0.25, 0.3) is 15.9 Å². The highest BCUT2D eigenvalue weighted by molar-refractivity contribution is 7.92. The first kappa shape index (κ1) is 23.4. The van der Waals surface area contributed by atoms with E-state index in [1.165, 1.54) is 29.6 Å². The number of nitrogens with one attached hydrogen (secondary N) is 1. The number of hydrogen-bond acceptors (Lipinski definition) is 6. The van der Waals surface area contributed by atoms with Gasteiger partial charge in [-0.1, -0.05) is 30.3 Å². The summed E-state index contributed by atoms with van der Waals surface area (Å²) in [4.78, 5) is 13.1. The second-order valence-corrected chi connectivity index (χ2v) is 9.53. The van der Waals surface area contributed by atoms with Crippen molar-refractivity contribution < 1.29 is 27.4 Å². The molecule has 1 amide bonds. The number of para-hydroxylation sites is 3. The maximum Gasteiger partial charge on any atom is 0.269 e. The molecule has 4 rings (SSSR count). The highest BCUT2D eigenvalue weighted by Gasteiger charge is 2.35. The lowest BCUT2D eigenvalue weighted by molar-refractivity contribution is -0.128. The predicted octanol–water partition coefficient (Wildman–Crippen LogP) is 4.08. The largest absolute Gasteiger partial charge is 0.495 e. The van der Waals surface area contributed by atoms with E-state index < -0.39 is 28.1 Å². The molecule has 0 saturated heterocycles. The van der Waals surface area contributed by atoms with Gasteiger partial charge in [0, 0.05) is 6.54 Å². The SMILES string of the molecule is CCN(c1ccccc1)S(=O)(=O)c1ccc(OC)c(NC(=O)C2Oc3ccccc3OC2C)c1. The Hall–Kier alpha value is -3.72. The zero-order valence-corrected chi connectivity index (χ0v) is 19.9. The summed E-state index contributed by atoms with van der Waals surface area (Å²) in [5, 5.41) is 2.75. The minimum Gasteiger partial charge on any atom is -0.495 e. The molecule has 34 heavy (non-hydrogen) atoms. The number of methoxy groups -OCH3 is 1. The molecule has 0 aliphatic carbocycles. The Morgan fingerprint density at radius 1 is 1.00 bits per heavy atom. The summed E-state index contributed by atoms with van der Waals surface area (Å²) in [6.45, 7) is 3.73. The Labute approximate surface area is 199 Å². The number of fused-ring (bicyclic) bond motifs is 1. The summed E-state index contributed by atoms with van der Waals surface area (Å²) < 4.78 is 45.2. The Morgan fingerprint density at radius 2 is 1.65 bits per heavy atom. The van der Waals surface area contributed by atoms with E-state index in [1.54, 1.807) is 56.3 Å². The van der Waals surface area contributed by atoms with Crippen molar-refractivity contribution in [2.75, 3.05) is 23.3 Å². The quantitative estimate of drug-likeness (QED) is 0.546. The third-order valence-electron chi connectivity index (χ3n) is 5.45. The van der Waals surface area contributed by atoms with Gasteiger partial charge in [-0.2, -0.15) is 0 Å². The van der Waals surface area contributed by atoms with E-state index in [0.717, 1.165) is 0 Å². The van der Waals surface area contributed by atoms with Gasteiger partial charge in [-0.25, -0.2) is 8.42 Å². The standard InChI is InChI=1S/C25H26N2O6S/c1-4-27(18-10-6-5-7-11-18)34(29,30)19-14-15-21(31-3)20(16-19)26-25(28)24-17(2)32-22-12-8-9-13-23(22)33-24/h5-17,24H,4H2,1-3H3,(H,26,28). The molecule has 1 heterocycles. The molecule has 178 valence electrons.